The largest absolute Gasteiger partial charge is 0.494 e. The van der Waals surface area contributed by atoms with Crippen LogP contribution in [0.25, 0.3) is 0 Å². The number of carbonyl (C=O) groups excluding carboxylic acids is 1. The van der Waals surface area contributed by atoms with Crippen LogP contribution in [0.3, 0.4) is 0 Å². The molecule has 33 heavy (non-hydrogen) atoms. The molecule has 0 heterocycles. The van der Waals surface area contributed by atoms with Gasteiger partial charge in [0.15, 0.2) is 0 Å². The van der Waals surface area contributed by atoms with E-state index in [4.69, 9.17) is 4.74 Å². The van der Waals surface area contributed by atoms with E-state index in [1.807, 2.05) is 31.2 Å². The molecule has 2 aromatic carbocycles. The summed E-state index contributed by atoms with van der Waals surface area (Å²) in [6.45, 7) is 5.58. The minimum absolute atomic E-state index is 0.153. The Morgan fingerprint density at radius 2 is 1.39 bits per heavy atom. The van der Waals surface area contributed by atoms with Crippen LogP contribution < -0.4 is 10.1 Å². The molecule has 1 amide bonds. The molecule has 0 fully saturated rings. The number of hydrogen-bond acceptors (Lipinski definition) is 2. The third-order valence-corrected chi connectivity index (χ3v) is 6.09. The number of nitrogens with zero attached hydrogens (tertiary/aromatic N) is 1. The molecule has 0 bridgehead atoms. The highest BCUT2D eigenvalue weighted by Gasteiger charge is 2.14. The summed E-state index contributed by atoms with van der Waals surface area (Å²) in [5.41, 5.74) is 2.53. The predicted octanol–water partition coefficient (Wildman–Crippen LogP) is 6.49. The van der Waals surface area contributed by atoms with Gasteiger partial charge >= 0.3 is 0 Å². The van der Waals surface area contributed by atoms with E-state index < -0.39 is 0 Å². The standard InChI is InChI=1S/C29H44N2O2/c1-4-33-28-21-19-26(20-22-28)24-30-29(32)18-14-9-7-5-6-8-10-15-23-31(2,3)25-27-16-12-11-13-17-27/h11-13,16-17,19-22H,4-10,14-15,18,23-25H2,1-3H3/p+1. The minimum Gasteiger partial charge on any atom is -0.494 e. The van der Waals surface area contributed by atoms with Crippen molar-refractivity contribution < 1.29 is 14.0 Å². The molecule has 182 valence electrons. The van der Waals surface area contributed by atoms with Gasteiger partial charge < -0.3 is 14.5 Å². The first kappa shape index (κ1) is 26.9. The number of unbranched alkanes of at least 4 members (excludes halogenated alkanes) is 7. The number of rotatable bonds is 17. The quantitative estimate of drug-likeness (QED) is 0.220. The summed E-state index contributed by atoms with van der Waals surface area (Å²) in [4.78, 5) is 12.1. The molecule has 0 atom stereocenters. The monoisotopic (exact) mass is 453 g/mol. The van der Waals surface area contributed by atoms with Crippen molar-refractivity contribution in [2.45, 2.75) is 77.8 Å². The van der Waals surface area contributed by atoms with E-state index in [-0.39, 0.29) is 5.91 Å². The Hall–Kier alpha value is -2.33. The van der Waals surface area contributed by atoms with Crippen LogP contribution in [-0.2, 0) is 17.9 Å². The normalized spacial score (nSPS) is 11.4. The van der Waals surface area contributed by atoms with Crippen molar-refractivity contribution in [2.24, 2.45) is 0 Å². The lowest BCUT2D eigenvalue weighted by Crippen LogP contribution is -2.39. The van der Waals surface area contributed by atoms with Gasteiger partial charge in [0.2, 0.25) is 5.91 Å². The Morgan fingerprint density at radius 1 is 0.788 bits per heavy atom. The second-order valence-electron chi connectivity index (χ2n) is 9.74. The summed E-state index contributed by atoms with van der Waals surface area (Å²) >= 11 is 0. The number of ether oxygens (including phenoxy) is 1. The molecule has 0 radical (unpaired) electrons. The van der Waals surface area contributed by atoms with Gasteiger partial charge in [0.1, 0.15) is 12.3 Å². The first-order valence-corrected chi connectivity index (χ1v) is 12.8. The smallest absolute Gasteiger partial charge is 0.220 e. The van der Waals surface area contributed by atoms with Crippen LogP contribution in [0.15, 0.2) is 54.6 Å². The summed E-state index contributed by atoms with van der Waals surface area (Å²) < 4.78 is 6.50. The van der Waals surface area contributed by atoms with E-state index in [0.29, 0.717) is 19.6 Å². The molecule has 2 aromatic rings. The second kappa shape index (κ2) is 15.5. The van der Waals surface area contributed by atoms with Crippen LogP contribution in [0.1, 0.15) is 75.8 Å². The van der Waals surface area contributed by atoms with E-state index in [9.17, 15) is 4.79 Å². The minimum atomic E-state index is 0.153. The molecule has 0 aliphatic heterocycles. The zero-order chi connectivity index (χ0) is 23.8. The maximum Gasteiger partial charge on any atom is 0.220 e. The van der Waals surface area contributed by atoms with Gasteiger partial charge in [0.25, 0.3) is 0 Å². The number of hydrogen-bond donors (Lipinski definition) is 1. The molecule has 0 aromatic heterocycles. The Morgan fingerprint density at radius 3 is 2.03 bits per heavy atom. The molecule has 4 heteroatoms. The van der Waals surface area contributed by atoms with E-state index >= 15 is 0 Å². The lowest BCUT2D eigenvalue weighted by molar-refractivity contribution is -0.903. The van der Waals surface area contributed by atoms with Gasteiger partial charge in [-0.3, -0.25) is 4.79 Å². The van der Waals surface area contributed by atoms with Crippen molar-refractivity contribution in [3.8, 4) is 5.75 Å². The van der Waals surface area contributed by atoms with Crippen LogP contribution in [0, 0.1) is 0 Å². The molecular formula is C29H45N2O2+. The van der Waals surface area contributed by atoms with Crippen LogP contribution in [0.2, 0.25) is 0 Å². The van der Waals surface area contributed by atoms with E-state index in [1.54, 1.807) is 0 Å². The van der Waals surface area contributed by atoms with Crippen LogP contribution >= 0.6 is 0 Å². The third kappa shape index (κ3) is 12.5. The van der Waals surface area contributed by atoms with Gasteiger partial charge in [0.05, 0.1) is 27.2 Å². The van der Waals surface area contributed by atoms with Crippen molar-refractivity contribution in [1.82, 2.24) is 5.32 Å². The highest BCUT2D eigenvalue weighted by molar-refractivity contribution is 5.75. The van der Waals surface area contributed by atoms with Crippen LogP contribution in [-0.4, -0.2) is 37.6 Å². The molecule has 0 unspecified atom stereocenters. The molecule has 1 N–H and O–H groups in total. The van der Waals surface area contributed by atoms with Crippen molar-refractivity contribution in [1.29, 1.82) is 0 Å². The van der Waals surface area contributed by atoms with Gasteiger partial charge in [0, 0.05) is 18.5 Å². The van der Waals surface area contributed by atoms with Crippen LogP contribution in [0.4, 0.5) is 0 Å². The summed E-state index contributed by atoms with van der Waals surface area (Å²) in [7, 11) is 4.67. The fourth-order valence-corrected chi connectivity index (χ4v) is 4.20. The van der Waals surface area contributed by atoms with Crippen molar-refractivity contribution in [3.05, 3.63) is 65.7 Å². The third-order valence-electron chi connectivity index (χ3n) is 6.09. The Balaban J connectivity index is 1.41. The van der Waals surface area contributed by atoms with Crippen LogP contribution in [0.5, 0.6) is 5.75 Å². The molecule has 0 spiro atoms. The lowest BCUT2D eigenvalue weighted by atomic mass is 10.1. The number of benzene rings is 2. The zero-order valence-electron chi connectivity index (χ0n) is 21.2. The zero-order valence-corrected chi connectivity index (χ0v) is 21.2. The summed E-state index contributed by atoms with van der Waals surface area (Å²) in [5, 5.41) is 3.02. The number of nitrogens with one attached hydrogen (secondary N) is 1. The maximum atomic E-state index is 12.1. The Labute approximate surface area is 201 Å². The first-order chi connectivity index (χ1) is 16.0. The van der Waals surface area contributed by atoms with Crippen molar-refractivity contribution >= 4 is 5.91 Å². The van der Waals surface area contributed by atoms with Gasteiger partial charge in [-0.1, -0.05) is 74.6 Å². The number of amides is 1. The molecule has 2 rings (SSSR count). The predicted molar refractivity (Wildman–Crippen MR) is 138 cm³/mol. The molecular weight excluding hydrogens is 408 g/mol. The number of quaternary nitrogens is 1. The molecule has 0 aliphatic rings. The van der Waals surface area contributed by atoms with Gasteiger partial charge in [-0.25, -0.2) is 0 Å². The molecule has 0 aliphatic carbocycles. The molecule has 0 saturated heterocycles. The first-order valence-electron chi connectivity index (χ1n) is 12.8. The van der Waals surface area contributed by atoms with Crippen molar-refractivity contribution in [2.75, 3.05) is 27.2 Å². The summed E-state index contributed by atoms with van der Waals surface area (Å²) in [6.07, 6.45) is 10.6. The fourth-order valence-electron chi connectivity index (χ4n) is 4.20. The Bertz CT molecular complexity index is 772. The average Bonchev–Trinajstić information content (AvgIpc) is 2.80. The van der Waals surface area contributed by atoms with Gasteiger partial charge in [-0.05, 0) is 43.9 Å². The van der Waals surface area contributed by atoms with Gasteiger partial charge in [-0.15, -0.1) is 0 Å². The molecule has 0 saturated carbocycles. The molecule has 4 nitrogen and oxygen atoms in total. The topological polar surface area (TPSA) is 38.3 Å². The highest BCUT2D eigenvalue weighted by atomic mass is 16.5. The maximum absolute atomic E-state index is 12.1. The Kier molecular flexibility index (Phi) is 12.6. The SMILES string of the molecule is CCOc1ccc(CNC(=O)CCCCCCCCCC[N+](C)(C)Cc2ccccc2)cc1. The summed E-state index contributed by atoms with van der Waals surface area (Å²) in [6, 6.07) is 18.7. The number of carbonyl (C=O) groups is 1. The fraction of sp³-hybridized carbons (Fsp3) is 0.552. The average molecular weight is 454 g/mol. The highest BCUT2D eigenvalue weighted by Crippen LogP contribution is 2.14. The second-order valence-corrected chi connectivity index (χ2v) is 9.74. The summed E-state index contributed by atoms with van der Waals surface area (Å²) in [5.74, 6) is 1.03. The van der Waals surface area contributed by atoms with E-state index in [2.05, 4.69) is 49.7 Å². The van der Waals surface area contributed by atoms with Crippen molar-refractivity contribution in [3.63, 3.8) is 0 Å². The lowest BCUT2D eigenvalue weighted by Gasteiger charge is -2.30. The van der Waals surface area contributed by atoms with Gasteiger partial charge in [-0.2, -0.15) is 0 Å². The van der Waals surface area contributed by atoms with E-state index in [0.717, 1.165) is 35.2 Å². The van der Waals surface area contributed by atoms with E-state index in [1.165, 1.54) is 50.6 Å².